The summed E-state index contributed by atoms with van der Waals surface area (Å²) in [6.07, 6.45) is 92.0. The highest BCUT2D eigenvalue weighted by molar-refractivity contribution is 7.47. The van der Waals surface area contributed by atoms with Crippen LogP contribution in [0.1, 0.15) is 297 Å². The lowest BCUT2D eigenvalue weighted by Gasteiger charge is -2.21. The molecule has 19 heteroatoms. The Morgan fingerprint density at radius 2 is 0.500 bits per heavy atom. The molecule has 0 aromatic carbocycles. The Hall–Kier alpha value is -5.58. The highest BCUT2D eigenvalue weighted by Crippen LogP contribution is 2.45. The second-order valence-corrected chi connectivity index (χ2v) is 29.2. The van der Waals surface area contributed by atoms with Gasteiger partial charge in [-0.2, -0.15) is 0 Å². The Morgan fingerprint density at radius 3 is 0.821 bits per heavy atom. The van der Waals surface area contributed by atoms with Crippen LogP contribution in [0, 0.1) is 0 Å². The molecule has 0 fully saturated rings. The van der Waals surface area contributed by atoms with Crippen LogP contribution >= 0.6 is 15.6 Å². The van der Waals surface area contributed by atoms with Crippen LogP contribution < -0.4 is 0 Å². The Bertz CT molecular complexity index is 2680. The molecule has 0 heterocycles. The number of hydrogen-bond donors (Lipinski definition) is 3. The normalized spacial score (nSPS) is 14.7. The molecule has 0 bridgehead atoms. The van der Waals surface area contributed by atoms with Crippen molar-refractivity contribution < 1.29 is 80.2 Å². The van der Waals surface area contributed by atoms with Gasteiger partial charge in [-0.05, 0) is 173 Å². The number of unbranched alkanes of at least 4 members (excludes halogenated alkanes) is 20. The smallest absolute Gasteiger partial charge is 0.462 e. The fraction of sp³-hybridized carbons (Fsp3) is 0.632. The number of phosphoric acid groups is 2. The fourth-order valence-corrected chi connectivity index (χ4v) is 11.6. The number of aliphatic hydroxyl groups is 1. The van der Waals surface area contributed by atoms with Crippen molar-refractivity contribution in [3.05, 3.63) is 170 Å². The molecule has 2 unspecified atom stereocenters. The van der Waals surface area contributed by atoms with Crippen molar-refractivity contribution in [3.8, 4) is 0 Å². The predicted octanol–water partition coefficient (Wildman–Crippen LogP) is 23.8. The van der Waals surface area contributed by atoms with Gasteiger partial charge in [-0.3, -0.25) is 37.3 Å². The first-order valence-electron chi connectivity index (χ1n) is 40.4. The maximum absolute atomic E-state index is 13.1. The summed E-state index contributed by atoms with van der Waals surface area (Å²) in [5.41, 5.74) is 0. The van der Waals surface area contributed by atoms with Crippen LogP contribution in [0.2, 0.25) is 0 Å². The van der Waals surface area contributed by atoms with E-state index in [1.165, 1.54) is 64.2 Å². The zero-order chi connectivity index (χ0) is 77.4. The SMILES string of the molecule is CC/C=C\C/C=C\C/C=C\C/C=C\C/C=C\CCCCCC(=O)O[C@H](COC(=O)CCC/C=C\C/C=C\C/C=C\C/C=C\CCCCC)COP(=O)(O)OC[C@@H](O)COP(=O)(O)OC[C@@H](COC(=O)CCC/C=C\C/C=C\C/C=C\C/C=C\CCCCC)OC(=O)CCCCCCC/C=C\CCCCCC. The maximum Gasteiger partial charge on any atom is 0.472 e. The Labute approximate surface area is 642 Å². The van der Waals surface area contributed by atoms with Gasteiger partial charge in [-0.25, -0.2) is 9.13 Å². The first-order chi connectivity index (χ1) is 51.7. The summed E-state index contributed by atoms with van der Waals surface area (Å²) < 4.78 is 68.5. The number of hydrogen-bond acceptors (Lipinski definition) is 15. The highest BCUT2D eigenvalue weighted by Gasteiger charge is 2.30. The second-order valence-electron chi connectivity index (χ2n) is 26.3. The molecule has 0 aliphatic carbocycles. The summed E-state index contributed by atoms with van der Waals surface area (Å²) in [6, 6.07) is 0. The van der Waals surface area contributed by atoms with Crippen LogP contribution in [0.15, 0.2) is 170 Å². The predicted molar refractivity (Wildman–Crippen MR) is 436 cm³/mol. The summed E-state index contributed by atoms with van der Waals surface area (Å²) in [5, 5.41) is 10.6. The molecule has 3 N–H and O–H groups in total. The number of allylic oxidation sites excluding steroid dienone is 28. The molecule has 17 nitrogen and oxygen atoms in total. The monoisotopic (exact) mass is 1520 g/mol. The fourth-order valence-electron chi connectivity index (χ4n) is 9.99. The highest BCUT2D eigenvalue weighted by atomic mass is 31.2. The molecule has 0 spiro atoms. The third-order valence-electron chi connectivity index (χ3n) is 16.1. The minimum Gasteiger partial charge on any atom is -0.462 e. The average molecular weight is 1520 g/mol. The van der Waals surface area contributed by atoms with Gasteiger partial charge < -0.3 is 33.8 Å². The standard InChI is InChI=1S/C87H142O17P2/c1-5-9-13-17-21-25-29-33-36-39-40-43-46-50-54-58-62-66-70-74-87(92)104-83(78-98-85(90)72-68-64-60-56-52-49-45-42-38-35-31-27-23-19-15-11-7-3)80-102-106(95,96)100-76-81(88)75-99-105(93,94)101-79-82(103-86(91)73-69-65-61-57-53-47-32-28-24-20-16-12-8-4)77-97-84(89)71-67-63-59-55-51-48-44-41-37-34-30-26-22-18-14-10-6-2/h9,13,21-23,25-28,32-38,40,43-45,48-50,54-56,59-60,81-83,88H,5-8,10-12,14-20,24,29-31,39,41-42,46-47,51-53,57-58,61-80H2,1-4H3,(H,93,94)(H,95,96)/b13-9-,25-21-,26-22-,27-23-,32-28-,36-33-,37-34-,38-35-,43-40-,48-44-,49-45-,54-50-,59-55-,60-56-/t81-,82+,83+/m0/s1. The molecule has 0 aliphatic rings. The molecule has 0 radical (unpaired) electrons. The van der Waals surface area contributed by atoms with Crippen molar-refractivity contribution in [2.75, 3.05) is 39.6 Å². The molecule has 602 valence electrons. The van der Waals surface area contributed by atoms with Gasteiger partial charge in [-0.1, -0.05) is 268 Å². The van der Waals surface area contributed by atoms with Crippen LogP contribution in [0.3, 0.4) is 0 Å². The topological polar surface area (TPSA) is 237 Å². The van der Waals surface area contributed by atoms with Gasteiger partial charge in [0.05, 0.1) is 26.4 Å². The van der Waals surface area contributed by atoms with Crippen molar-refractivity contribution >= 4 is 39.5 Å². The molecular formula is C87H142O17P2. The van der Waals surface area contributed by atoms with Crippen molar-refractivity contribution in [1.82, 2.24) is 0 Å². The number of ether oxygens (including phenoxy) is 4. The lowest BCUT2D eigenvalue weighted by Crippen LogP contribution is -2.30. The van der Waals surface area contributed by atoms with Crippen molar-refractivity contribution in [3.63, 3.8) is 0 Å². The molecule has 0 amide bonds. The maximum atomic E-state index is 13.1. The summed E-state index contributed by atoms with van der Waals surface area (Å²) in [6.45, 7) is 4.50. The van der Waals surface area contributed by atoms with E-state index in [4.69, 9.17) is 37.0 Å². The van der Waals surface area contributed by atoms with E-state index in [-0.39, 0.29) is 25.7 Å². The van der Waals surface area contributed by atoms with Crippen LogP contribution in [-0.2, 0) is 65.4 Å². The van der Waals surface area contributed by atoms with Gasteiger partial charge in [-0.15, -0.1) is 0 Å². The number of carbonyl (C=O) groups is 4. The number of aliphatic hydroxyl groups excluding tert-OH is 1. The largest absolute Gasteiger partial charge is 0.472 e. The van der Waals surface area contributed by atoms with Crippen molar-refractivity contribution in [2.24, 2.45) is 0 Å². The van der Waals surface area contributed by atoms with E-state index >= 15 is 0 Å². The van der Waals surface area contributed by atoms with Crippen LogP contribution in [0.4, 0.5) is 0 Å². The first-order valence-corrected chi connectivity index (χ1v) is 43.4. The lowest BCUT2D eigenvalue weighted by atomic mass is 10.1. The first kappa shape index (κ1) is 100. The van der Waals surface area contributed by atoms with E-state index < -0.39 is 97.5 Å². The van der Waals surface area contributed by atoms with E-state index in [2.05, 4.69) is 174 Å². The third-order valence-corrected chi connectivity index (χ3v) is 18.0. The van der Waals surface area contributed by atoms with E-state index in [1.54, 1.807) is 0 Å². The molecule has 0 rings (SSSR count). The minimum absolute atomic E-state index is 0.0364. The van der Waals surface area contributed by atoms with Gasteiger partial charge in [0.2, 0.25) is 0 Å². The number of carbonyl (C=O) groups excluding carboxylic acids is 4. The van der Waals surface area contributed by atoms with Crippen LogP contribution in [0.25, 0.3) is 0 Å². The minimum atomic E-state index is -5.01. The zero-order valence-corrected chi connectivity index (χ0v) is 67.6. The Balaban J connectivity index is 5.51. The molecule has 0 saturated carbocycles. The molecule has 0 aromatic rings. The van der Waals surface area contributed by atoms with Gasteiger partial charge >= 0.3 is 39.5 Å². The van der Waals surface area contributed by atoms with Gasteiger partial charge in [0.25, 0.3) is 0 Å². The van der Waals surface area contributed by atoms with Gasteiger partial charge in [0.15, 0.2) is 12.2 Å². The number of phosphoric ester groups is 2. The van der Waals surface area contributed by atoms with Gasteiger partial charge in [0, 0.05) is 25.7 Å². The summed E-state index contributed by atoms with van der Waals surface area (Å²) in [7, 11) is -10.0. The van der Waals surface area contributed by atoms with E-state index in [1.807, 2.05) is 24.3 Å². The van der Waals surface area contributed by atoms with Crippen molar-refractivity contribution in [2.45, 2.75) is 316 Å². The van der Waals surface area contributed by atoms with Crippen LogP contribution in [-0.4, -0.2) is 96.7 Å². The van der Waals surface area contributed by atoms with E-state index in [9.17, 15) is 43.2 Å². The summed E-state index contributed by atoms with van der Waals surface area (Å²) >= 11 is 0. The van der Waals surface area contributed by atoms with E-state index in [0.717, 1.165) is 141 Å². The third kappa shape index (κ3) is 76.6. The number of esters is 4. The average Bonchev–Trinajstić information content (AvgIpc) is 0.901. The molecule has 0 aromatic heterocycles. The van der Waals surface area contributed by atoms with Gasteiger partial charge in [0.1, 0.15) is 19.3 Å². The summed E-state index contributed by atoms with van der Waals surface area (Å²) in [4.78, 5) is 73.0. The van der Waals surface area contributed by atoms with E-state index in [0.29, 0.717) is 38.5 Å². The summed E-state index contributed by atoms with van der Waals surface area (Å²) in [5.74, 6) is -2.36. The molecule has 0 saturated heterocycles. The molecule has 0 aliphatic heterocycles. The second kappa shape index (κ2) is 77.6. The molecule has 5 atom stereocenters. The molecule has 106 heavy (non-hydrogen) atoms. The quantitative estimate of drug-likeness (QED) is 0.0169. The zero-order valence-electron chi connectivity index (χ0n) is 65.8. The van der Waals surface area contributed by atoms with Crippen LogP contribution in [0.5, 0.6) is 0 Å². The Morgan fingerprint density at radius 1 is 0.274 bits per heavy atom. The molecular weight excluding hydrogens is 1380 g/mol. The number of rotatable bonds is 74. The Kier molecular flexibility index (Phi) is 73.5. The van der Waals surface area contributed by atoms with Crippen molar-refractivity contribution in [1.29, 1.82) is 0 Å². The lowest BCUT2D eigenvalue weighted by molar-refractivity contribution is -0.161.